The zero-order chi connectivity index (χ0) is 16.7. The molecule has 0 bridgehead atoms. The fourth-order valence-electron chi connectivity index (χ4n) is 1.91. The van der Waals surface area contributed by atoms with Crippen LogP contribution in [0, 0.1) is 0 Å². The van der Waals surface area contributed by atoms with Gasteiger partial charge in [0.15, 0.2) is 0 Å². The Labute approximate surface area is 128 Å². The third-order valence-corrected chi connectivity index (χ3v) is 3.83. The van der Waals surface area contributed by atoms with Gasteiger partial charge in [0.25, 0.3) is 5.90 Å². The summed E-state index contributed by atoms with van der Waals surface area (Å²) in [5.74, 6) is -0.918. The topological polar surface area (TPSA) is 73.6 Å². The van der Waals surface area contributed by atoms with E-state index in [4.69, 9.17) is 0 Å². The second-order valence-electron chi connectivity index (χ2n) is 4.39. The van der Waals surface area contributed by atoms with Crippen LogP contribution in [0.2, 0.25) is 0 Å². The Hall–Kier alpha value is -2.62. The molecule has 0 atom stereocenters. The van der Waals surface area contributed by atoms with E-state index in [1.54, 1.807) is 30.3 Å². The summed E-state index contributed by atoms with van der Waals surface area (Å²) in [5, 5.41) is 0. The van der Waals surface area contributed by atoms with E-state index in [2.05, 4.69) is 14.2 Å². The number of halogens is 3. The average Bonchev–Trinajstić information content (AvgIpc) is 2.80. The van der Waals surface area contributed by atoms with Crippen LogP contribution in [0.5, 0.6) is 0 Å². The van der Waals surface area contributed by atoms with Crippen molar-refractivity contribution in [2.75, 3.05) is 0 Å². The number of aromatic nitrogens is 2. The minimum atomic E-state index is -5.85. The molecule has 23 heavy (non-hydrogen) atoms. The molecule has 1 aromatic carbocycles. The van der Waals surface area contributed by atoms with Gasteiger partial charge in [-0.15, -0.1) is 0 Å². The zero-order valence-corrected chi connectivity index (χ0v) is 12.0. The Morgan fingerprint density at radius 1 is 1.13 bits per heavy atom. The van der Waals surface area contributed by atoms with E-state index in [0.717, 1.165) is 6.20 Å². The molecule has 0 N–H and O–H groups in total. The Kier molecular flexibility index (Phi) is 3.48. The number of nitrogens with zero attached hydrogens (tertiary/aromatic N) is 3. The van der Waals surface area contributed by atoms with Crippen LogP contribution in [0.15, 0.2) is 47.6 Å². The molecule has 0 saturated carbocycles. The summed E-state index contributed by atoms with van der Waals surface area (Å²) in [6.45, 7) is 0. The van der Waals surface area contributed by atoms with Crippen molar-refractivity contribution >= 4 is 33.2 Å². The minimum Gasteiger partial charge on any atom is -0.351 e. The first kappa shape index (κ1) is 15.3. The maximum absolute atomic E-state index is 12.5. The van der Waals surface area contributed by atoms with Gasteiger partial charge < -0.3 is 4.18 Å². The highest BCUT2D eigenvalue weighted by Crippen LogP contribution is 2.27. The molecule has 0 aliphatic carbocycles. The molecular formula is C13H8F3N3O3S. The van der Waals surface area contributed by atoms with Crippen molar-refractivity contribution in [2.24, 2.45) is 4.99 Å². The lowest BCUT2D eigenvalue weighted by atomic mass is 10.3. The van der Waals surface area contributed by atoms with Gasteiger partial charge >= 0.3 is 15.6 Å². The van der Waals surface area contributed by atoms with Gasteiger partial charge in [0.1, 0.15) is 0 Å². The predicted octanol–water partition coefficient (Wildman–Crippen LogP) is 2.65. The van der Waals surface area contributed by atoms with Crippen LogP contribution in [0.3, 0.4) is 0 Å². The summed E-state index contributed by atoms with van der Waals surface area (Å²) in [5.41, 5.74) is -4.54. The molecule has 1 aliphatic rings. The first-order valence-corrected chi connectivity index (χ1v) is 7.60. The summed E-state index contributed by atoms with van der Waals surface area (Å²) >= 11 is 0. The molecular weight excluding hydrogens is 335 g/mol. The van der Waals surface area contributed by atoms with Crippen LogP contribution < -0.4 is 0 Å². The van der Waals surface area contributed by atoms with Crippen LogP contribution in [0.25, 0.3) is 17.2 Å². The number of para-hydroxylation sites is 2. The quantitative estimate of drug-likeness (QED) is 0.589. The number of alkyl halides is 3. The molecule has 0 spiro atoms. The first-order valence-electron chi connectivity index (χ1n) is 6.19. The van der Waals surface area contributed by atoms with E-state index in [1.807, 2.05) is 0 Å². The van der Waals surface area contributed by atoms with Gasteiger partial charge in [-0.05, 0) is 24.3 Å². The number of rotatable bonds is 1. The van der Waals surface area contributed by atoms with Crippen molar-refractivity contribution in [1.82, 2.24) is 9.55 Å². The standard InChI is InChI=1S/C13H8F3N3O3S/c14-13(15,16)23(20,21)22-12-11-18-9-5-1-2-6-10(9)19(11)8-4-3-7-17-12/h1-8H/b7-3-,8-4-,17-12?. The fraction of sp³-hybridized carbons (Fsp3) is 0.0769. The fourth-order valence-corrected chi connectivity index (χ4v) is 2.33. The number of benzene rings is 1. The zero-order valence-electron chi connectivity index (χ0n) is 11.2. The van der Waals surface area contributed by atoms with Crippen molar-refractivity contribution in [3.8, 4) is 0 Å². The monoisotopic (exact) mass is 343 g/mol. The number of allylic oxidation sites excluding steroid dienone is 2. The van der Waals surface area contributed by atoms with E-state index in [0.29, 0.717) is 11.0 Å². The normalized spacial score (nSPS) is 17.8. The maximum atomic E-state index is 12.5. The van der Waals surface area contributed by atoms with Crippen molar-refractivity contribution in [1.29, 1.82) is 0 Å². The van der Waals surface area contributed by atoms with Crippen molar-refractivity contribution in [3.63, 3.8) is 0 Å². The summed E-state index contributed by atoms with van der Waals surface area (Å²) < 4.78 is 65.6. The number of hydrogen-bond donors (Lipinski definition) is 0. The predicted molar refractivity (Wildman–Crippen MR) is 76.8 cm³/mol. The third-order valence-electron chi connectivity index (χ3n) is 2.88. The molecule has 2 aromatic rings. The Balaban J connectivity index is 2.16. The van der Waals surface area contributed by atoms with E-state index in [-0.39, 0.29) is 5.82 Å². The largest absolute Gasteiger partial charge is 0.534 e. The third kappa shape index (κ3) is 2.72. The van der Waals surface area contributed by atoms with Crippen LogP contribution in [0.1, 0.15) is 5.82 Å². The lowest BCUT2D eigenvalue weighted by molar-refractivity contribution is -0.0504. The van der Waals surface area contributed by atoms with Crippen molar-refractivity contribution in [2.45, 2.75) is 5.51 Å². The molecule has 0 amide bonds. The molecule has 0 fully saturated rings. The lowest BCUT2D eigenvalue weighted by Crippen LogP contribution is -2.29. The number of fused-ring (bicyclic) bond motifs is 3. The summed E-state index contributed by atoms with van der Waals surface area (Å²) in [7, 11) is -5.85. The van der Waals surface area contributed by atoms with Gasteiger partial charge in [-0.25, -0.2) is 9.98 Å². The Morgan fingerprint density at radius 3 is 2.61 bits per heavy atom. The summed E-state index contributed by atoms with van der Waals surface area (Å²) in [6.07, 6.45) is 5.62. The van der Waals surface area contributed by atoms with Crippen LogP contribution in [0.4, 0.5) is 13.2 Å². The van der Waals surface area contributed by atoms with Crippen LogP contribution in [-0.4, -0.2) is 29.4 Å². The van der Waals surface area contributed by atoms with Gasteiger partial charge in [-0.2, -0.15) is 21.6 Å². The molecule has 0 radical (unpaired) electrons. The SMILES string of the molecule is O=S(=O)(OC1=N/C=C\C=C/n2c1nc1ccccc12)C(F)(F)F. The second kappa shape index (κ2) is 5.23. The average molecular weight is 343 g/mol. The maximum Gasteiger partial charge on any atom is 0.534 e. The van der Waals surface area contributed by atoms with Gasteiger partial charge in [0, 0.05) is 12.4 Å². The molecule has 1 aromatic heterocycles. The Bertz CT molecular complexity index is 956. The van der Waals surface area contributed by atoms with Crippen molar-refractivity contribution < 1.29 is 25.8 Å². The van der Waals surface area contributed by atoms with Gasteiger partial charge in [0.2, 0.25) is 5.82 Å². The first-order chi connectivity index (χ1) is 10.8. The number of aliphatic imine (C=N–C) groups is 1. The van der Waals surface area contributed by atoms with Gasteiger partial charge in [-0.3, -0.25) is 4.57 Å². The molecule has 6 nitrogen and oxygen atoms in total. The molecule has 0 unspecified atom stereocenters. The van der Waals surface area contributed by atoms with E-state index in [9.17, 15) is 21.6 Å². The summed E-state index contributed by atoms with van der Waals surface area (Å²) in [4.78, 5) is 7.71. The van der Waals surface area contributed by atoms with Crippen LogP contribution in [-0.2, 0) is 14.3 Å². The number of imidazole rings is 1. The lowest BCUT2D eigenvalue weighted by Gasteiger charge is -2.11. The molecule has 3 rings (SSSR count). The van der Waals surface area contributed by atoms with Crippen molar-refractivity contribution in [3.05, 3.63) is 48.4 Å². The highest BCUT2D eigenvalue weighted by Gasteiger charge is 2.49. The molecule has 0 saturated heterocycles. The van der Waals surface area contributed by atoms with E-state index in [1.165, 1.54) is 16.8 Å². The van der Waals surface area contributed by atoms with Gasteiger partial charge in [0.05, 0.1) is 11.0 Å². The molecule has 10 heteroatoms. The second-order valence-corrected chi connectivity index (χ2v) is 5.93. The molecule has 1 aliphatic heterocycles. The molecule has 120 valence electrons. The van der Waals surface area contributed by atoms with Crippen LogP contribution >= 0.6 is 0 Å². The van der Waals surface area contributed by atoms with E-state index >= 15 is 0 Å². The smallest absolute Gasteiger partial charge is 0.351 e. The molecule has 2 heterocycles. The number of hydrogen-bond acceptors (Lipinski definition) is 5. The van der Waals surface area contributed by atoms with E-state index < -0.39 is 21.5 Å². The summed E-state index contributed by atoms with van der Waals surface area (Å²) in [6, 6.07) is 6.71. The minimum absolute atomic E-state index is 0.153. The Morgan fingerprint density at radius 2 is 1.87 bits per heavy atom. The van der Waals surface area contributed by atoms with Gasteiger partial charge in [-0.1, -0.05) is 12.1 Å². The highest BCUT2D eigenvalue weighted by atomic mass is 32.2. The highest BCUT2D eigenvalue weighted by molar-refractivity contribution is 7.88.